The molecule has 1 aromatic carbocycles. The van der Waals surface area contributed by atoms with Gasteiger partial charge in [0.2, 0.25) is 5.91 Å². The Kier molecular flexibility index (Phi) is 5.04. The van der Waals surface area contributed by atoms with E-state index < -0.39 is 18.1 Å². The highest BCUT2D eigenvalue weighted by molar-refractivity contribution is 5.89. The van der Waals surface area contributed by atoms with Crippen molar-refractivity contribution in [3.63, 3.8) is 0 Å². The molecule has 0 spiro atoms. The van der Waals surface area contributed by atoms with Crippen molar-refractivity contribution in [1.82, 2.24) is 5.32 Å². The third-order valence-electron chi connectivity index (χ3n) is 2.94. The Morgan fingerprint density at radius 3 is 2.17 bits per heavy atom. The minimum atomic E-state index is -1.12. The smallest absolute Gasteiger partial charge is 0.249 e. The van der Waals surface area contributed by atoms with Gasteiger partial charge >= 0.3 is 0 Å². The molecule has 0 radical (unpaired) electrons. The van der Waals surface area contributed by atoms with Crippen molar-refractivity contribution in [3.05, 3.63) is 35.9 Å². The van der Waals surface area contributed by atoms with E-state index in [1.54, 1.807) is 0 Å². The van der Waals surface area contributed by atoms with Crippen LogP contribution in [0.3, 0.4) is 0 Å². The number of aliphatic hydroxyl groups excluding tert-OH is 1. The number of aliphatic hydroxyl groups is 1. The number of Topliss-reactive ketones (excluding diaryl/α,β-unsaturated/α-hetero) is 1. The van der Waals surface area contributed by atoms with E-state index in [2.05, 4.69) is 5.32 Å². The third-order valence-corrected chi connectivity index (χ3v) is 2.94. The topological polar surface area (TPSA) is 66.4 Å². The Hall–Kier alpha value is -1.68. The van der Waals surface area contributed by atoms with Crippen molar-refractivity contribution < 1.29 is 14.7 Å². The predicted molar refractivity (Wildman–Crippen MR) is 69.1 cm³/mol. The monoisotopic (exact) mass is 249 g/mol. The minimum absolute atomic E-state index is 0.125. The maximum atomic E-state index is 11.6. The molecule has 0 heterocycles. The summed E-state index contributed by atoms with van der Waals surface area (Å²) in [5.74, 6) is -0.787. The van der Waals surface area contributed by atoms with E-state index in [1.165, 1.54) is 13.8 Å². The van der Waals surface area contributed by atoms with E-state index in [1.807, 2.05) is 37.3 Å². The Balaban J connectivity index is 2.86. The quantitative estimate of drug-likeness (QED) is 0.825. The molecular formula is C14H19NO3. The molecule has 0 saturated carbocycles. The molecule has 0 aromatic heterocycles. The summed E-state index contributed by atoms with van der Waals surface area (Å²) >= 11 is 0. The zero-order chi connectivity index (χ0) is 13.7. The van der Waals surface area contributed by atoms with Crippen molar-refractivity contribution in [3.8, 4) is 0 Å². The van der Waals surface area contributed by atoms with E-state index >= 15 is 0 Å². The van der Waals surface area contributed by atoms with Crippen molar-refractivity contribution in [2.24, 2.45) is 0 Å². The molecule has 4 heteroatoms. The molecule has 0 saturated heterocycles. The molecule has 1 aromatic rings. The average molecular weight is 249 g/mol. The molecule has 3 atom stereocenters. The van der Waals surface area contributed by atoms with Crippen LogP contribution in [0, 0.1) is 0 Å². The van der Waals surface area contributed by atoms with Crippen LogP contribution in [0.1, 0.15) is 32.3 Å². The first-order valence-electron chi connectivity index (χ1n) is 5.97. The fraction of sp³-hybridized carbons (Fsp3) is 0.429. The number of hydrogen-bond donors (Lipinski definition) is 2. The predicted octanol–water partition coefficient (Wildman–Crippen LogP) is 1.24. The zero-order valence-corrected chi connectivity index (χ0v) is 10.9. The molecule has 0 aliphatic carbocycles. The van der Waals surface area contributed by atoms with Gasteiger partial charge < -0.3 is 10.4 Å². The highest BCUT2D eigenvalue weighted by atomic mass is 16.3. The Bertz CT molecular complexity index is 414. The number of nitrogens with one attached hydrogen (secondary N) is 1. The first-order valence-corrected chi connectivity index (χ1v) is 5.97. The fourth-order valence-corrected chi connectivity index (χ4v) is 1.80. The van der Waals surface area contributed by atoms with E-state index in [0.717, 1.165) is 5.56 Å². The van der Waals surface area contributed by atoms with Crippen LogP contribution in [-0.4, -0.2) is 28.9 Å². The Labute approximate surface area is 107 Å². The number of rotatable bonds is 5. The zero-order valence-electron chi connectivity index (χ0n) is 10.9. The SMILES string of the molecule is CC(=O)C(NC(=O)C(C)O)C(C)c1ccccc1. The number of amides is 1. The second-order valence-electron chi connectivity index (χ2n) is 4.47. The molecule has 1 rings (SSSR count). The summed E-state index contributed by atoms with van der Waals surface area (Å²) in [6.07, 6.45) is -1.12. The second kappa shape index (κ2) is 6.31. The molecular weight excluding hydrogens is 230 g/mol. The maximum absolute atomic E-state index is 11.6. The summed E-state index contributed by atoms with van der Waals surface area (Å²) < 4.78 is 0. The lowest BCUT2D eigenvalue weighted by atomic mass is 9.91. The molecule has 2 N–H and O–H groups in total. The molecule has 98 valence electrons. The summed E-state index contributed by atoms with van der Waals surface area (Å²) in [5.41, 5.74) is 0.976. The van der Waals surface area contributed by atoms with Crippen molar-refractivity contribution >= 4 is 11.7 Å². The van der Waals surface area contributed by atoms with Gasteiger partial charge in [-0.2, -0.15) is 0 Å². The van der Waals surface area contributed by atoms with Crippen LogP contribution in [0.15, 0.2) is 30.3 Å². The van der Waals surface area contributed by atoms with E-state index in [0.29, 0.717) is 0 Å². The fourth-order valence-electron chi connectivity index (χ4n) is 1.80. The lowest BCUT2D eigenvalue weighted by molar-refractivity contribution is -0.132. The van der Waals surface area contributed by atoms with Crippen LogP contribution in [0.25, 0.3) is 0 Å². The number of ketones is 1. The average Bonchev–Trinajstić information content (AvgIpc) is 2.35. The summed E-state index contributed by atoms with van der Waals surface area (Å²) in [6.45, 7) is 4.69. The van der Waals surface area contributed by atoms with Gasteiger partial charge in [-0.1, -0.05) is 37.3 Å². The van der Waals surface area contributed by atoms with Crippen molar-refractivity contribution in [2.45, 2.75) is 38.8 Å². The van der Waals surface area contributed by atoms with Gasteiger partial charge in [0.15, 0.2) is 5.78 Å². The standard InChI is InChI=1S/C14H19NO3/c1-9(12-7-5-4-6-8-12)13(10(2)16)15-14(18)11(3)17/h4-9,11,13,17H,1-3H3,(H,15,18). The summed E-state index contributed by atoms with van der Waals surface area (Å²) in [4.78, 5) is 23.1. The number of hydrogen-bond acceptors (Lipinski definition) is 3. The van der Waals surface area contributed by atoms with Crippen LogP contribution in [0.2, 0.25) is 0 Å². The van der Waals surface area contributed by atoms with E-state index in [-0.39, 0.29) is 11.7 Å². The van der Waals surface area contributed by atoms with Gasteiger partial charge in [0.25, 0.3) is 0 Å². The molecule has 0 bridgehead atoms. The second-order valence-corrected chi connectivity index (χ2v) is 4.47. The normalized spacial score (nSPS) is 15.6. The Morgan fingerprint density at radius 1 is 1.17 bits per heavy atom. The highest BCUT2D eigenvalue weighted by Crippen LogP contribution is 2.19. The summed E-state index contributed by atoms with van der Waals surface area (Å²) in [7, 11) is 0. The lowest BCUT2D eigenvalue weighted by Crippen LogP contribution is -2.46. The van der Waals surface area contributed by atoms with Gasteiger partial charge in [0.1, 0.15) is 6.10 Å². The molecule has 0 fully saturated rings. The Morgan fingerprint density at radius 2 is 1.72 bits per heavy atom. The van der Waals surface area contributed by atoms with Crippen molar-refractivity contribution in [2.75, 3.05) is 0 Å². The van der Waals surface area contributed by atoms with Gasteiger partial charge in [0.05, 0.1) is 6.04 Å². The van der Waals surface area contributed by atoms with E-state index in [4.69, 9.17) is 0 Å². The molecule has 18 heavy (non-hydrogen) atoms. The molecule has 4 nitrogen and oxygen atoms in total. The first kappa shape index (κ1) is 14.4. The van der Waals surface area contributed by atoms with Crippen LogP contribution in [0.5, 0.6) is 0 Å². The van der Waals surface area contributed by atoms with Gasteiger partial charge in [-0.15, -0.1) is 0 Å². The number of carbonyl (C=O) groups excluding carboxylic acids is 2. The third kappa shape index (κ3) is 3.67. The number of benzene rings is 1. The molecule has 0 aliphatic heterocycles. The molecule has 0 aliphatic rings. The van der Waals surface area contributed by atoms with Gasteiger partial charge in [-0.25, -0.2) is 0 Å². The van der Waals surface area contributed by atoms with Crippen LogP contribution >= 0.6 is 0 Å². The van der Waals surface area contributed by atoms with Crippen LogP contribution in [0.4, 0.5) is 0 Å². The van der Waals surface area contributed by atoms with Crippen LogP contribution < -0.4 is 5.32 Å². The lowest BCUT2D eigenvalue weighted by Gasteiger charge is -2.23. The van der Waals surface area contributed by atoms with Crippen LogP contribution in [-0.2, 0) is 9.59 Å². The van der Waals surface area contributed by atoms with E-state index in [9.17, 15) is 14.7 Å². The summed E-state index contributed by atoms with van der Waals surface area (Å²) in [6, 6.07) is 8.88. The number of carbonyl (C=O) groups is 2. The molecule has 3 unspecified atom stereocenters. The largest absolute Gasteiger partial charge is 0.384 e. The highest BCUT2D eigenvalue weighted by Gasteiger charge is 2.26. The molecule has 1 amide bonds. The van der Waals surface area contributed by atoms with Crippen molar-refractivity contribution in [1.29, 1.82) is 0 Å². The maximum Gasteiger partial charge on any atom is 0.249 e. The van der Waals surface area contributed by atoms with Gasteiger partial charge in [-0.05, 0) is 19.4 Å². The van der Waals surface area contributed by atoms with Gasteiger partial charge in [0, 0.05) is 5.92 Å². The first-order chi connectivity index (χ1) is 8.43. The van der Waals surface area contributed by atoms with Gasteiger partial charge in [-0.3, -0.25) is 9.59 Å². The minimum Gasteiger partial charge on any atom is -0.384 e. The summed E-state index contributed by atoms with van der Waals surface area (Å²) in [5, 5.41) is 11.8.